The van der Waals surface area contributed by atoms with Crippen molar-refractivity contribution in [3.8, 4) is 5.75 Å². The number of methoxy groups -OCH3 is 2. The third-order valence-electron chi connectivity index (χ3n) is 4.81. The minimum Gasteiger partial charge on any atom is -0.495 e. The summed E-state index contributed by atoms with van der Waals surface area (Å²) in [6.45, 7) is 1.90. The summed E-state index contributed by atoms with van der Waals surface area (Å²) >= 11 is 1.39. The number of rotatable bonds is 9. The zero-order valence-corrected chi connectivity index (χ0v) is 20.0. The molecular weight excluding hydrogens is 464 g/mol. The van der Waals surface area contributed by atoms with Crippen LogP contribution < -0.4 is 14.8 Å². The van der Waals surface area contributed by atoms with Crippen molar-refractivity contribution >= 4 is 38.9 Å². The summed E-state index contributed by atoms with van der Waals surface area (Å²) in [7, 11) is -1.42. The maximum Gasteiger partial charge on any atom is 0.307 e. The third-order valence-corrected chi connectivity index (χ3v) is 7.20. The largest absolute Gasteiger partial charge is 0.495 e. The van der Waals surface area contributed by atoms with Gasteiger partial charge in [0.05, 0.1) is 26.7 Å². The minimum absolute atomic E-state index is 0.0565. The number of thiophene rings is 1. The Balaban J connectivity index is 1.89. The van der Waals surface area contributed by atoms with Crippen molar-refractivity contribution in [3.05, 3.63) is 76.0 Å². The fourth-order valence-corrected chi connectivity index (χ4v) is 5.10. The summed E-state index contributed by atoms with van der Waals surface area (Å²) < 4.78 is 38.6. The third kappa shape index (κ3) is 6.11. The van der Waals surface area contributed by atoms with Crippen LogP contribution in [0.3, 0.4) is 0 Å². The van der Waals surface area contributed by atoms with Gasteiger partial charge in [-0.15, -0.1) is 11.3 Å². The number of esters is 1. The molecule has 33 heavy (non-hydrogen) atoms. The summed E-state index contributed by atoms with van der Waals surface area (Å²) in [6.07, 6.45) is -0.0565. The van der Waals surface area contributed by atoms with Crippen LogP contribution >= 0.6 is 11.3 Å². The van der Waals surface area contributed by atoms with Crippen LogP contribution in [0.15, 0.2) is 64.9 Å². The second-order valence-electron chi connectivity index (χ2n) is 7.16. The van der Waals surface area contributed by atoms with Crippen molar-refractivity contribution in [3.63, 3.8) is 0 Å². The number of benzene rings is 2. The second-order valence-corrected chi connectivity index (χ2v) is 9.79. The van der Waals surface area contributed by atoms with Crippen LogP contribution in [0, 0.1) is 6.92 Å². The Kier molecular flexibility index (Phi) is 7.72. The minimum atomic E-state index is -4.05. The first-order chi connectivity index (χ1) is 15.7. The second kappa shape index (κ2) is 10.5. The smallest absolute Gasteiger partial charge is 0.307 e. The number of amides is 1. The molecule has 0 aliphatic rings. The van der Waals surface area contributed by atoms with E-state index in [9.17, 15) is 18.0 Å². The van der Waals surface area contributed by atoms with E-state index in [0.29, 0.717) is 5.69 Å². The first-order valence-corrected chi connectivity index (χ1v) is 12.3. The van der Waals surface area contributed by atoms with E-state index in [1.807, 2.05) is 18.4 Å². The predicted molar refractivity (Wildman–Crippen MR) is 126 cm³/mol. The molecule has 3 rings (SSSR count). The molecular formula is C23H24N2O6S2. The molecule has 2 aromatic carbocycles. The van der Waals surface area contributed by atoms with E-state index < -0.39 is 27.9 Å². The Morgan fingerprint density at radius 1 is 1.06 bits per heavy atom. The zero-order valence-electron chi connectivity index (χ0n) is 18.3. The molecule has 10 heteroatoms. The highest BCUT2D eigenvalue weighted by Crippen LogP contribution is 2.28. The number of hydrogen-bond acceptors (Lipinski definition) is 7. The zero-order chi connectivity index (χ0) is 24.0. The Hall–Kier alpha value is -3.37. The summed E-state index contributed by atoms with van der Waals surface area (Å²) in [5, 5.41) is 4.62. The predicted octanol–water partition coefficient (Wildman–Crippen LogP) is 3.90. The first-order valence-electron chi connectivity index (χ1n) is 9.92. The Morgan fingerprint density at radius 2 is 1.79 bits per heavy atom. The van der Waals surface area contributed by atoms with Crippen molar-refractivity contribution in [2.45, 2.75) is 24.3 Å². The summed E-state index contributed by atoms with van der Waals surface area (Å²) in [6, 6.07) is 14.0. The summed E-state index contributed by atoms with van der Waals surface area (Å²) in [4.78, 5) is 25.4. The number of ether oxygens (including phenoxy) is 2. The van der Waals surface area contributed by atoms with Gasteiger partial charge >= 0.3 is 5.97 Å². The Labute approximate surface area is 196 Å². The fraction of sp³-hybridized carbons (Fsp3) is 0.217. The van der Waals surface area contributed by atoms with Gasteiger partial charge in [0.1, 0.15) is 10.6 Å². The maximum atomic E-state index is 13.1. The van der Waals surface area contributed by atoms with Crippen molar-refractivity contribution < 1.29 is 27.5 Å². The van der Waals surface area contributed by atoms with Crippen LogP contribution in [0.25, 0.3) is 0 Å². The SMILES string of the molecule is COC(=O)C[C@H](NC(=O)c1ccc(OC)c(S(=O)(=O)Nc2ccc(C)cc2)c1)c1cccs1. The first kappa shape index (κ1) is 24.3. The lowest BCUT2D eigenvalue weighted by molar-refractivity contribution is -0.141. The number of anilines is 1. The number of sulfonamides is 1. The molecule has 8 nitrogen and oxygen atoms in total. The molecule has 1 aromatic heterocycles. The van der Waals surface area contributed by atoms with Crippen LogP contribution in [-0.4, -0.2) is 34.5 Å². The molecule has 0 radical (unpaired) electrons. The molecule has 1 heterocycles. The van der Waals surface area contributed by atoms with Crippen molar-refractivity contribution in [1.29, 1.82) is 0 Å². The van der Waals surface area contributed by atoms with Crippen LogP contribution in [0.4, 0.5) is 5.69 Å². The van der Waals surface area contributed by atoms with E-state index in [1.54, 1.807) is 30.3 Å². The number of hydrogen-bond donors (Lipinski definition) is 2. The topological polar surface area (TPSA) is 111 Å². The molecule has 1 atom stereocenters. The molecule has 0 saturated heterocycles. The summed E-state index contributed by atoms with van der Waals surface area (Å²) in [5.41, 5.74) is 1.47. The average Bonchev–Trinajstić information content (AvgIpc) is 3.34. The average molecular weight is 489 g/mol. The Bertz CT molecular complexity index is 1220. The van der Waals surface area contributed by atoms with E-state index in [4.69, 9.17) is 9.47 Å². The van der Waals surface area contributed by atoms with E-state index in [-0.39, 0.29) is 22.6 Å². The molecule has 0 spiro atoms. The lowest BCUT2D eigenvalue weighted by Crippen LogP contribution is -2.30. The van der Waals surface area contributed by atoms with E-state index in [1.165, 1.54) is 43.8 Å². The van der Waals surface area contributed by atoms with Gasteiger partial charge in [0, 0.05) is 16.1 Å². The Morgan fingerprint density at radius 3 is 2.39 bits per heavy atom. The molecule has 0 aliphatic carbocycles. The van der Waals surface area contributed by atoms with Crippen LogP contribution in [0.1, 0.15) is 33.3 Å². The fourth-order valence-electron chi connectivity index (χ4n) is 3.06. The number of carbonyl (C=O) groups excluding carboxylic acids is 2. The van der Waals surface area contributed by atoms with Gasteiger partial charge in [0.25, 0.3) is 15.9 Å². The van der Waals surface area contributed by atoms with Gasteiger partial charge in [-0.1, -0.05) is 23.8 Å². The van der Waals surface area contributed by atoms with Gasteiger partial charge in [-0.25, -0.2) is 8.42 Å². The van der Waals surface area contributed by atoms with Crippen LogP contribution in [0.2, 0.25) is 0 Å². The van der Waals surface area contributed by atoms with Crippen LogP contribution in [-0.2, 0) is 19.6 Å². The van der Waals surface area contributed by atoms with Gasteiger partial charge in [-0.2, -0.15) is 0 Å². The van der Waals surface area contributed by atoms with E-state index in [0.717, 1.165) is 10.4 Å². The van der Waals surface area contributed by atoms with Crippen LogP contribution in [0.5, 0.6) is 5.75 Å². The highest BCUT2D eigenvalue weighted by molar-refractivity contribution is 7.92. The van der Waals surface area contributed by atoms with Gasteiger partial charge in [0.2, 0.25) is 0 Å². The molecule has 0 fully saturated rings. The molecule has 0 saturated carbocycles. The molecule has 3 aromatic rings. The van der Waals surface area contributed by atoms with Gasteiger partial charge < -0.3 is 14.8 Å². The maximum absolute atomic E-state index is 13.1. The lowest BCUT2D eigenvalue weighted by Gasteiger charge is -2.17. The highest BCUT2D eigenvalue weighted by Gasteiger charge is 2.24. The molecule has 2 N–H and O–H groups in total. The van der Waals surface area contributed by atoms with E-state index >= 15 is 0 Å². The molecule has 0 bridgehead atoms. The molecule has 174 valence electrons. The van der Waals surface area contributed by atoms with Crippen molar-refractivity contribution in [2.24, 2.45) is 0 Å². The number of aryl methyl sites for hydroxylation is 1. The molecule has 1 amide bonds. The highest BCUT2D eigenvalue weighted by atomic mass is 32.2. The number of nitrogens with one attached hydrogen (secondary N) is 2. The molecule has 0 aliphatic heterocycles. The summed E-state index contributed by atoms with van der Waals surface area (Å²) in [5.74, 6) is -0.920. The normalized spacial score (nSPS) is 12.0. The number of carbonyl (C=O) groups is 2. The van der Waals surface area contributed by atoms with Gasteiger partial charge in [-0.3, -0.25) is 14.3 Å². The lowest BCUT2D eigenvalue weighted by atomic mass is 10.1. The van der Waals surface area contributed by atoms with Crippen molar-refractivity contribution in [2.75, 3.05) is 18.9 Å². The molecule has 0 unspecified atom stereocenters. The van der Waals surface area contributed by atoms with Gasteiger partial charge in [-0.05, 0) is 48.7 Å². The quantitative estimate of drug-likeness (QED) is 0.442. The van der Waals surface area contributed by atoms with Crippen molar-refractivity contribution in [1.82, 2.24) is 5.32 Å². The monoisotopic (exact) mass is 488 g/mol. The van der Waals surface area contributed by atoms with Gasteiger partial charge in [0.15, 0.2) is 0 Å². The standard InChI is InChI=1S/C23H24N2O6S2/c1-15-6-9-17(10-7-15)25-33(28,29)21-13-16(8-11-19(21)30-2)23(27)24-18(14-22(26)31-3)20-5-4-12-32-20/h4-13,18,25H,14H2,1-3H3,(H,24,27)/t18-/m0/s1. The van der Waals surface area contributed by atoms with E-state index in [2.05, 4.69) is 10.0 Å².